The molecule has 3 aliphatic rings. The van der Waals surface area contributed by atoms with Gasteiger partial charge in [0.1, 0.15) is 11.5 Å². The second kappa shape index (κ2) is 6.39. The molecule has 2 aliphatic heterocycles. The van der Waals surface area contributed by atoms with Crippen LogP contribution >= 0.6 is 11.3 Å². The molecule has 1 aromatic heterocycles. The van der Waals surface area contributed by atoms with Gasteiger partial charge in [-0.2, -0.15) is 0 Å². The van der Waals surface area contributed by atoms with Crippen LogP contribution in [0.4, 0.5) is 5.69 Å². The summed E-state index contributed by atoms with van der Waals surface area (Å²) in [4.78, 5) is 11.5. The number of aryl methyl sites for hydroxylation is 2. The molecule has 1 aliphatic carbocycles. The molecule has 0 radical (unpaired) electrons. The number of hydrogen-bond acceptors (Lipinski definition) is 5. The first-order chi connectivity index (χ1) is 12.7. The SMILES string of the molecule is Cc1ccc2c(c1)Oc1sc3c(c1C(N1CCN(C)CC1)=N2)CCCC3. The third-order valence-electron chi connectivity index (χ3n) is 5.71. The molecule has 2 aromatic rings. The van der Waals surface area contributed by atoms with Gasteiger partial charge in [0.05, 0.1) is 5.56 Å². The van der Waals surface area contributed by atoms with Crippen LogP contribution in [-0.4, -0.2) is 48.9 Å². The number of ether oxygens (including phenoxy) is 1. The van der Waals surface area contributed by atoms with Crippen molar-refractivity contribution >= 4 is 22.9 Å². The van der Waals surface area contributed by atoms with E-state index < -0.39 is 0 Å². The number of fused-ring (bicyclic) bond motifs is 4. The molecule has 0 atom stereocenters. The van der Waals surface area contributed by atoms with Crippen LogP contribution in [0.15, 0.2) is 23.2 Å². The van der Waals surface area contributed by atoms with E-state index in [0.29, 0.717) is 0 Å². The maximum atomic E-state index is 6.45. The molecule has 5 rings (SSSR count). The van der Waals surface area contributed by atoms with Crippen molar-refractivity contribution in [3.05, 3.63) is 39.8 Å². The zero-order valence-corrected chi connectivity index (χ0v) is 16.4. The molecular formula is C21H25N3OS. The van der Waals surface area contributed by atoms with E-state index in [2.05, 4.69) is 42.0 Å². The van der Waals surface area contributed by atoms with E-state index in [9.17, 15) is 0 Å². The van der Waals surface area contributed by atoms with Crippen LogP contribution in [-0.2, 0) is 12.8 Å². The van der Waals surface area contributed by atoms with Crippen LogP contribution in [0.1, 0.15) is 34.4 Å². The molecule has 0 spiro atoms. The van der Waals surface area contributed by atoms with Gasteiger partial charge in [-0.15, -0.1) is 11.3 Å². The molecular weight excluding hydrogens is 342 g/mol. The highest BCUT2D eigenvalue weighted by atomic mass is 32.1. The Morgan fingerprint density at radius 2 is 1.88 bits per heavy atom. The average molecular weight is 368 g/mol. The fraction of sp³-hybridized carbons (Fsp3) is 0.476. The summed E-state index contributed by atoms with van der Waals surface area (Å²) in [7, 11) is 2.20. The second-order valence-corrected chi connectivity index (χ2v) is 8.74. The fourth-order valence-electron chi connectivity index (χ4n) is 4.15. The lowest BCUT2D eigenvalue weighted by atomic mass is 9.95. The fourth-order valence-corrected chi connectivity index (χ4v) is 5.40. The Bertz CT molecular complexity index is 878. The summed E-state index contributed by atoms with van der Waals surface area (Å²) in [6.07, 6.45) is 4.92. The van der Waals surface area contributed by atoms with Crippen LogP contribution in [0.5, 0.6) is 10.8 Å². The summed E-state index contributed by atoms with van der Waals surface area (Å²) in [5.74, 6) is 2.03. The Hall–Kier alpha value is -1.85. The minimum atomic E-state index is 0.897. The molecule has 1 fully saturated rings. The normalized spacial score (nSPS) is 19.8. The molecule has 26 heavy (non-hydrogen) atoms. The van der Waals surface area contributed by atoms with Gasteiger partial charge in [-0.1, -0.05) is 6.07 Å². The molecule has 136 valence electrons. The third kappa shape index (κ3) is 2.74. The number of likely N-dealkylation sites (N-methyl/N-ethyl adjacent to an activating group) is 1. The molecule has 5 heteroatoms. The van der Waals surface area contributed by atoms with Crippen molar-refractivity contribution in [2.45, 2.75) is 32.6 Å². The van der Waals surface area contributed by atoms with Crippen LogP contribution in [0.2, 0.25) is 0 Å². The summed E-state index contributed by atoms with van der Waals surface area (Å²) >= 11 is 1.85. The van der Waals surface area contributed by atoms with Crippen molar-refractivity contribution in [2.75, 3.05) is 33.2 Å². The molecule has 4 nitrogen and oxygen atoms in total. The van der Waals surface area contributed by atoms with E-state index >= 15 is 0 Å². The molecule has 0 bridgehead atoms. The highest BCUT2D eigenvalue weighted by Crippen LogP contribution is 2.47. The number of thiophene rings is 1. The molecule has 1 aromatic carbocycles. The van der Waals surface area contributed by atoms with Crippen molar-refractivity contribution in [3.63, 3.8) is 0 Å². The minimum absolute atomic E-state index is 0.897. The Morgan fingerprint density at radius 1 is 1.08 bits per heavy atom. The number of benzene rings is 1. The maximum Gasteiger partial charge on any atom is 0.192 e. The van der Waals surface area contributed by atoms with Crippen LogP contribution in [0, 0.1) is 6.92 Å². The second-order valence-electron chi connectivity index (χ2n) is 7.67. The van der Waals surface area contributed by atoms with Crippen LogP contribution < -0.4 is 4.74 Å². The molecule has 3 heterocycles. The standard InChI is InChI=1S/C21H25N3OS/c1-14-7-8-16-17(13-14)25-21-19(15-5-3-4-6-18(15)26-21)20(22-16)24-11-9-23(2)10-12-24/h7-8,13H,3-6,9-12H2,1-2H3. The van der Waals surface area contributed by atoms with Gasteiger partial charge in [0.2, 0.25) is 0 Å². The Morgan fingerprint density at radius 3 is 2.73 bits per heavy atom. The van der Waals surface area contributed by atoms with Gasteiger partial charge < -0.3 is 14.5 Å². The summed E-state index contributed by atoms with van der Waals surface area (Å²) in [6.45, 7) is 6.34. The van der Waals surface area contributed by atoms with Crippen LogP contribution in [0.3, 0.4) is 0 Å². The van der Waals surface area contributed by atoms with E-state index in [0.717, 1.165) is 54.9 Å². The first-order valence-corrected chi connectivity index (χ1v) is 10.5. The average Bonchev–Trinajstić information content (AvgIpc) is 2.92. The number of hydrogen-bond donors (Lipinski definition) is 0. The molecule has 0 N–H and O–H groups in total. The van der Waals surface area contributed by atoms with Gasteiger partial charge >= 0.3 is 0 Å². The minimum Gasteiger partial charge on any atom is -0.444 e. The summed E-state index contributed by atoms with van der Waals surface area (Å²) in [6, 6.07) is 6.35. The number of nitrogens with zero attached hydrogens (tertiary/aromatic N) is 3. The highest BCUT2D eigenvalue weighted by molar-refractivity contribution is 7.14. The number of rotatable bonds is 0. The zero-order chi connectivity index (χ0) is 17.7. The number of amidine groups is 1. The summed E-state index contributed by atoms with van der Waals surface area (Å²) in [5.41, 5.74) is 4.95. The number of piperazine rings is 1. The first-order valence-electron chi connectivity index (χ1n) is 9.64. The van der Waals surface area contributed by atoms with Gasteiger partial charge in [-0.05, 0) is 62.9 Å². The van der Waals surface area contributed by atoms with Crippen molar-refractivity contribution in [1.29, 1.82) is 0 Å². The predicted molar refractivity (Wildman–Crippen MR) is 107 cm³/mol. The van der Waals surface area contributed by atoms with Crippen molar-refractivity contribution in [2.24, 2.45) is 4.99 Å². The zero-order valence-electron chi connectivity index (χ0n) is 15.5. The van der Waals surface area contributed by atoms with Crippen molar-refractivity contribution < 1.29 is 4.74 Å². The van der Waals surface area contributed by atoms with Gasteiger partial charge in [-0.25, -0.2) is 4.99 Å². The number of aliphatic imine (C=N–C) groups is 1. The smallest absolute Gasteiger partial charge is 0.192 e. The topological polar surface area (TPSA) is 28.1 Å². The molecule has 0 amide bonds. The highest BCUT2D eigenvalue weighted by Gasteiger charge is 2.31. The van der Waals surface area contributed by atoms with E-state index in [1.807, 2.05) is 11.3 Å². The van der Waals surface area contributed by atoms with E-state index in [-0.39, 0.29) is 0 Å². The van der Waals surface area contributed by atoms with E-state index in [1.165, 1.54) is 40.8 Å². The third-order valence-corrected chi connectivity index (χ3v) is 6.88. The maximum absolute atomic E-state index is 6.45. The predicted octanol–water partition coefficient (Wildman–Crippen LogP) is 4.37. The quantitative estimate of drug-likeness (QED) is 0.692. The summed E-state index contributed by atoms with van der Waals surface area (Å²) in [5, 5.41) is 1.05. The lowest BCUT2D eigenvalue weighted by Gasteiger charge is -2.34. The first kappa shape index (κ1) is 16.3. The van der Waals surface area contributed by atoms with Crippen LogP contribution in [0.25, 0.3) is 0 Å². The largest absolute Gasteiger partial charge is 0.444 e. The Labute approximate surface area is 159 Å². The van der Waals surface area contributed by atoms with E-state index in [4.69, 9.17) is 9.73 Å². The van der Waals surface area contributed by atoms with Gasteiger partial charge in [0.25, 0.3) is 0 Å². The van der Waals surface area contributed by atoms with Crippen molar-refractivity contribution in [1.82, 2.24) is 9.80 Å². The molecule has 1 saturated heterocycles. The molecule has 0 unspecified atom stereocenters. The molecule has 0 saturated carbocycles. The van der Waals surface area contributed by atoms with Gasteiger partial charge in [0, 0.05) is 31.1 Å². The lowest BCUT2D eigenvalue weighted by Crippen LogP contribution is -2.47. The Kier molecular flexibility index (Phi) is 4.02. The van der Waals surface area contributed by atoms with Crippen molar-refractivity contribution in [3.8, 4) is 10.8 Å². The Balaban J connectivity index is 1.67. The van der Waals surface area contributed by atoms with Gasteiger partial charge in [0.15, 0.2) is 10.8 Å². The lowest BCUT2D eigenvalue weighted by molar-refractivity contribution is 0.215. The summed E-state index contributed by atoms with van der Waals surface area (Å²) < 4.78 is 6.45. The van der Waals surface area contributed by atoms with Gasteiger partial charge in [-0.3, -0.25) is 0 Å². The monoisotopic (exact) mass is 367 g/mol. The van der Waals surface area contributed by atoms with E-state index in [1.54, 1.807) is 0 Å².